The van der Waals surface area contributed by atoms with Gasteiger partial charge in [-0.15, -0.1) is 0 Å². The number of carbonyl (C=O) groups is 8. The van der Waals surface area contributed by atoms with Gasteiger partial charge in [0.15, 0.2) is 0 Å². The van der Waals surface area contributed by atoms with E-state index < -0.39 is 23.8 Å². The number of nitrogens with zero attached hydrogens (tertiary/aromatic N) is 2. The van der Waals surface area contributed by atoms with Crippen LogP contribution in [0.25, 0.3) is 21.5 Å². The fraction of sp³-hybridized carbons (Fsp3) is 0.636. The van der Waals surface area contributed by atoms with E-state index in [1.54, 1.807) is 24.3 Å². The Hall–Kier alpha value is -6.44. The van der Waals surface area contributed by atoms with Crippen LogP contribution >= 0.6 is 0 Å². The number of carboxylic acid groups (broad SMARTS) is 2. The van der Waals surface area contributed by atoms with Crippen LogP contribution in [0, 0.1) is 0 Å². The molecule has 4 aromatic carbocycles. The van der Waals surface area contributed by atoms with Crippen LogP contribution in [0.15, 0.2) is 48.5 Å². The van der Waals surface area contributed by atoms with Crippen molar-refractivity contribution in [3.8, 4) is 0 Å². The molecule has 0 saturated heterocycles. The summed E-state index contributed by atoms with van der Waals surface area (Å²) in [5.41, 5.74) is 1.32. The van der Waals surface area contributed by atoms with Gasteiger partial charge in [0.05, 0.1) is 11.1 Å². The highest BCUT2D eigenvalue weighted by molar-refractivity contribution is 6.33. The molecule has 504 valence electrons. The molecule has 0 aliphatic carbocycles. The highest BCUT2D eigenvalue weighted by Crippen LogP contribution is 2.38. The van der Waals surface area contributed by atoms with Gasteiger partial charge in [-0.2, -0.15) is 0 Å². The van der Waals surface area contributed by atoms with Crippen LogP contribution in [-0.2, 0) is 0 Å². The van der Waals surface area contributed by atoms with E-state index in [1.165, 1.54) is 214 Å². The van der Waals surface area contributed by atoms with Gasteiger partial charge in [-0.25, -0.2) is 9.59 Å². The minimum absolute atomic E-state index is 0. The van der Waals surface area contributed by atoms with E-state index in [0.29, 0.717) is 59.2 Å². The molecule has 0 saturated carbocycles. The third-order valence-electron chi connectivity index (χ3n) is 18.3. The molecule has 6 amide bonds. The second-order valence-corrected chi connectivity index (χ2v) is 25.5. The molecule has 0 bridgehead atoms. The number of rotatable bonds is 48. The lowest BCUT2D eigenvalue weighted by Gasteiger charge is -2.32. The van der Waals surface area contributed by atoms with Gasteiger partial charge < -0.3 is 20.8 Å². The third kappa shape index (κ3) is 24.2. The number of nitrogens with one attached hydrogen (secondary N) is 2. The number of imide groups is 2. The number of hydrogen-bond acceptors (Lipinski definition) is 8. The number of amides is 6. The van der Waals surface area contributed by atoms with Crippen LogP contribution in [0.2, 0.25) is 0 Å². The normalized spacial score (nSPS) is 12.6. The first-order valence-corrected chi connectivity index (χ1v) is 35.8. The molecule has 2 aliphatic heterocycles. The number of hydrogen-bond donors (Lipinski definition) is 4. The first kappa shape index (κ1) is 77.0. The molecule has 0 radical (unpaired) electrons. The number of aromatic carboxylic acids is 2. The van der Waals surface area contributed by atoms with Crippen LogP contribution in [-0.4, -0.2) is 93.6 Å². The van der Waals surface area contributed by atoms with E-state index >= 15 is 0 Å². The predicted octanol–water partition coefficient (Wildman–Crippen LogP) is 20.0. The zero-order chi connectivity index (χ0) is 64.9. The molecule has 6 rings (SSSR count). The molecular formula is C77H116N4O10. The average molecular weight is 1260 g/mol. The molecule has 91 heavy (non-hydrogen) atoms. The van der Waals surface area contributed by atoms with Crippen molar-refractivity contribution in [3.05, 3.63) is 93.0 Å². The van der Waals surface area contributed by atoms with Crippen molar-refractivity contribution in [1.82, 2.24) is 20.4 Å². The van der Waals surface area contributed by atoms with Gasteiger partial charge in [0, 0.05) is 81.1 Å². The van der Waals surface area contributed by atoms with Crippen molar-refractivity contribution in [2.45, 2.75) is 292 Å². The van der Waals surface area contributed by atoms with E-state index in [-0.39, 0.29) is 64.1 Å². The summed E-state index contributed by atoms with van der Waals surface area (Å²) < 4.78 is 0. The largest absolute Gasteiger partial charge is 0.478 e. The van der Waals surface area contributed by atoms with Gasteiger partial charge in [0.25, 0.3) is 35.4 Å². The molecular weight excluding hydrogens is 1140 g/mol. The van der Waals surface area contributed by atoms with E-state index in [0.717, 1.165) is 77.0 Å². The maximum absolute atomic E-state index is 13.5. The van der Waals surface area contributed by atoms with Crippen molar-refractivity contribution in [3.63, 3.8) is 0 Å². The zero-order valence-electron chi connectivity index (χ0n) is 55.8. The lowest BCUT2D eigenvalue weighted by molar-refractivity contribution is 0.0586. The predicted molar refractivity (Wildman–Crippen MR) is 371 cm³/mol. The third-order valence-corrected chi connectivity index (χ3v) is 18.3. The Morgan fingerprint density at radius 2 is 0.505 bits per heavy atom. The summed E-state index contributed by atoms with van der Waals surface area (Å²) in [6, 6.07) is 12.0. The number of unbranched alkanes of at least 4 members (excludes halogenated alkanes) is 36. The molecule has 0 spiro atoms. The molecule has 2 aliphatic rings. The summed E-state index contributed by atoms with van der Waals surface area (Å²) in [7, 11) is 0. The molecule has 0 fully saturated rings. The van der Waals surface area contributed by atoms with Gasteiger partial charge >= 0.3 is 11.9 Å². The molecule has 14 nitrogen and oxygen atoms in total. The van der Waals surface area contributed by atoms with Crippen LogP contribution in [0.1, 0.15) is 375 Å². The number of carboxylic acids is 2. The lowest BCUT2D eigenvalue weighted by Crippen LogP contribution is -2.43. The highest BCUT2D eigenvalue weighted by Gasteiger charge is 2.39. The summed E-state index contributed by atoms with van der Waals surface area (Å²) in [5, 5.41) is 26.6. The first-order chi connectivity index (χ1) is 43.8. The van der Waals surface area contributed by atoms with E-state index in [2.05, 4.69) is 38.3 Å². The SMILES string of the molecule is C.CCCCCCCCCCCCN1C(=O)c2ccc3c4c(ccc(c24)C1=O)C(=O)N(CCCCCCCCCCCC)C3=O.CCCCCCCCCCCCNC(=O)c1ccc(C(=O)O)c2c(C(=O)NCCCCCCCCCCCC)ccc(C(=O)O)c12. The van der Waals surface area contributed by atoms with Crippen LogP contribution in [0.4, 0.5) is 0 Å². The monoisotopic (exact) mass is 1260 g/mol. The standard InChI is InChI=1S/C38H58N2O6.C38H54N2O4.CH4/c1-3-5-7-9-11-13-15-17-19-21-27-39-35(41)29-23-25-32(38(45)46)34-30(24-26-31(33(29)34)37(43)44)36(42)40-28-22-20-18-16-14-12-10-8-6-4-2;1-3-5-7-9-11-13-15-17-19-21-27-39-35(41)29-23-25-31-34-32(26-24-30(33(29)34)36(39)42)38(44)40(37(31)43)28-22-20-18-16-14-12-10-8-6-4-2;/h23-26H,3-22,27-28H2,1-2H3,(H,39,41)(H,40,42)(H,43,44)(H,45,46);23-26H,3-22,27-28H2,1-2H3;1H4. The quantitative estimate of drug-likeness (QED) is 0.0243. The second kappa shape index (κ2) is 44.2. The summed E-state index contributed by atoms with van der Waals surface area (Å²) in [6.07, 6.45) is 47.1. The van der Waals surface area contributed by atoms with Gasteiger partial charge in [0.1, 0.15) is 0 Å². The second-order valence-electron chi connectivity index (χ2n) is 25.5. The first-order valence-electron chi connectivity index (χ1n) is 35.8. The Labute approximate surface area is 546 Å². The van der Waals surface area contributed by atoms with Crippen molar-refractivity contribution in [2.75, 3.05) is 26.2 Å². The average Bonchev–Trinajstić information content (AvgIpc) is 1.11. The Kier molecular flexibility index (Phi) is 37.4. The Bertz CT molecular complexity index is 2670. The van der Waals surface area contributed by atoms with Crippen molar-refractivity contribution in [1.29, 1.82) is 0 Å². The molecule has 2 heterocycles. The van der Waals surface area contributed by atoms with Crippen LogP contribution in [0.3, 0.4) is 0 Å². The van der Waals surface area contributed by atoms with Crippen molar-refractivity contribution in [2.24, 2.45) is 0 Å². The topological polar surface area (TPSA) is 208 Å². The number of fused-ring (bicyclic) bond motifs is 1. The molecule has 0 aromatic heterocycles. The summed E-state index contributed by atoms with van der Waals surface area (Å²) >= 11 is 0. The van der Waals surface area contributed by atoms with Gasteiger partial charge in [-0.1, -0.05) is 266 Å². The molecule has 14 heteroatoms. The molecule has 4 N–H and O–H groups in total. The summed E-state index contributed by atoms with van der Waals surface area (Å²) in [5.74, 6) is -4.86. The Balaban J connectivity index is 0.000000384. The van der Waals surface area contributed by atoms with Gasteiger partial charge in [-0.05, 0) is 74.2 Å². The lowest BCUT2D eigenvalue weighted by atomic mass is 9.86. The van der Waals surface area contributed by atoms with Crippen molar-refractivity contribution < 1.29 is 48.6 Å². The van der Waals surface area contributed by atoms with E-state index in [9.17, 15) is 48.6 Å². The van der Waals surface area contributed by atoms with Crippen LogP contribution in [0.5, 0.6) is 0 Å². The molecule has 0 unspecified atom stereocenters. The number of carbonyl (C=O) groups excluding carboxylic acids is 6. The minimum atomic E-state index is -1.30. The summed E-state index contributed by atoms with van der Waals surface area (Å²) in [6.45, 7) is 10.5. The minimum Gasteiger partial charge on any atom is -0.478 e. The van der Waals surface area contributed by atoms with Gasteiger partial charge in [-0.3, -0.25) is 38.6 Å². The number of benzene rings is 4. The highest BCUT2D eigenvalue weighted by atomic mass is 16.4. The maximum atomic E-state index is 13.5. The Morgan fingerprint density at radius 1 is 0.297 bits per heavy atom. The smallest absolute Gasteiger partial charge is 0.336 e. The Morgan fingerprint density at radius 3 is 0.736 bits per heavy atom. The fourth-order valence-corrected chi connectivity index (χ4v) is 12.9. The van der Waals surface area contributed by atoms with Crippen LogP contribution < -0.4 is 10.6 Å². The van der Waals surface area contributed by atoms with Gasteiger partial charge in [0.2, 0.25) is 0 Å². The van der Waals surface area contributed by atoms with E-state index in [1.807, 2.05) is 0 Å². The zero-order valence-corrected chi connectivity index (χ0v) is 55.8. The summed E-state index contributed by atoms with van der Waals surface area (Å²) in [4.78, 5) is 108. The maximum Gasteiger partial charge on any atom is 0.336 e. The fourth-order valence-electron chi connectivity index (χ4n) is 12.9. The van der Waals surface area contributed by atoms with Crippen molar-refractivity contribution >= 4 is 68.9 Å². The van der Waals surface area contributed by atoms with E-state index in [4.69, 9.17) is 0 Å². The molecule has 0 atom stereocenters. The molecule has 4 aromatic rings.